The normalized spacial score (nSPS) is 15.2. The molecule has 0 aliphatic carbocycles. The first kappa shape index (κ1) is 30.0. The number of sulfonamides is 1. The Kier molecular flexibility index (Phi) is 10.0. The van der Waals surface area contributed by atoms with Gasteiger partial charge in [0.2, 0.25) is 10.0 Å². The molecular weight excluding hydrogens is 515 g/mol. The predicted octanol–water partition coefficient (Wildman–Crippen LogP) is 4.18. The third-order valence-electron chi connectivity index (χ3n) is 5.39. The molecule has 37 heavy (non-hydrogen) atoms. The van der Waals surface area contributed by atoms with Crippen molar-refractivity contribution >= 4 is 22.0 Å². The van der Waals surface area contributed by atoms with E-state index in [0.29, 0.717) is 0 Å². The Balaban J connectivity index is 2.26. The maximum absolute atomic E-state index is 14.1. The fourth-order valence-electron chi connectivity index (χ4n) is 3.47. The van der Waals surface area contributed by atoms with Crippen LogP contribution in [-0.4, -0.2) is 46.3 Å². The van der Waals surface area contributed by atoms with E-state index in [1.165, 1.54) is 55.5 Å². The third kappa shape index (κ3) is 6.76. The number of hydrogen-bond donors (Lipinski definition) is 1. The van der Waals surface area contributed by atoms with Crippen LogP contribution < -0.4 is 4.72 Å². The minimum absolute atomic E-state index is 0.00893. The Bertz CT molecular complexity index is 1190. The molecule has 0 bridgehead atoms. The van der Waals surface area contributed by atoms with E-state index < -0.39 is 51.4 Å². The summed E-state index contributed by atoms with van der Waals surface area (Å²) in [6.07, 6.45) is -4.97. The van der Waals surface area contributed by atoms with Gasteiger partial charge in [-0.1, -0.05) is 48.5 Å². The van der Waals surface area contributed by atoms with Gasteiger partial charge in [0.15, 0.2) is 0 Å². The molecule has 0 aliphatic rings. The lowest BCUT2D eigenvalue weighted by Crippen LogP contribution is -2.51. The van der Waals surface area contributed by atoms with E-state index in [4.69, 9.17) is 14.2 Å². The fourth-order valence-corrected chi connectivity index (χ4v) is 4.67. The maximum Gasteiger partial charge on any atom is 0.432 e. The quantitative estimate of drug-likeness (QED) is 0.316. The van der Waals surface area contributed by atoms with Crippen LogP contribution in [0.2, 0.25) is 0 Å². The summed E-state index contributed by atoms with van der Waals surface area (Å²) in [7, 11) is -3.41. The second-order valence-electron chi connectivity index (χ2n) is 7.82. The number of ether oxygens (including phenoxy) is 3. The average Bonchev–Trinajstić information content (AvgIpc) is 2.84. The van der Waals surface area contributed by atoms with Crippen LogP contribution in [0.25, 0.3) is 0 Å². The highest BCUT2D eigenvalue weighted by Gasteiger charge is 2.64. The molecule has 2 aromatic rings. The van der Waals surface area contributed by atoms with Gasteiger partial charge in [0.25, 0.3) is 5.60 Å². The molecule has 0 radical (unpaired) electrons. The SMILES string of the molecule is C=CCC(NS(=O)(=O)c1ccc(C(C)OC(=O)C(OC)(c2ccccc2)C(F)(F)F)cc1)C(=O)OCC. The molecule has 0 saturated heterocycles. The lowest BCUT2D eigenvalue weighted by molar-refractivity contribution is -0.278. The molecule has 0 amide bonds. The number of carbonyl (C=O) groups is 2. The van der Waals surface area contributed by atoms with Crippen LogP contribution in [0.1, 0.15) is 37.5 Å². The first-order chi connectivity index (χ1) is 17.3. The second-order valence-corrected chi connectivity index (χ2v) is 9.53. The number of carbonyl (C=O) groups excluding carboxylic acids is 2. The summed E-state index contributed by atoms with van der Waals surface area (Å²) >= 11 is 0. The number of methoxy groups -OCH3 is 1. The molecule has 202 valence electrons. The molecule has 2 aromatic carbocycles. The zero-order valence-corrected chi connectivity index (χ0v) is 21.3. The summed E-state index contributed by atoms with van der Waals surface area (Å²) in [5.74, 6) is -2.45. The Morgan fingerprint density at radius 2 is 1.68 bits per heavy atom. The molecule has 0 fully saturated rings. The van der Waals surface area contributed by atoms with Gasteiger partial charge in [-0.25, -0.2) is 13.2 Å². The molecule has 0 heterocycles. The summed E-state index contributed by atoms with van der Waals surface area (Å²) in [6, 6.07) is 10.1. The largest absolute Gasteiger partial charge is 0.465 e. The second kappa shape index (κ2) is 12.3. The monoisotopic (exact) mass is 543 g/mol. The van der Waals surface area contributed by atoms with Crippen molar-refractivity contribution in [2.24, 2.45) is 0 Å². The number of alkyl halides is 3. The van der Waals surface area contributed by atoms with E-state index in [0.717, 1.165) is 19.2 Å². The molecule has 0 aromatic heterocycles. The van der Waals surface area contributed by atoms with E-state index in [1.54, 1.807) is 6.92 Å². The Hall–Kier alpha value is -3.22. The molecule has 2 rings (SSSR count). The number of halogens is 3. The lowest BCUT2D eigenvalue weighted by Gasteiger charge is -2.33. The van der Waals surface area contributed by atoms with E-state index >= 15 is 0 Å². The van der Waals surface area contributed by atoms with Gasteiger partial charge < -0.3 is 14.2 Å². The van der Waals surface area contributed by atoms with E-state index in [2.05, 4.69) is 11.3 Å². The highest BCUT2D eigenvalue weighted by atomic mass is 32.2. The molecular formula is C25H28F3NO7S. The summed E-state index contributed by atoms with van der Waals surface area (Å²) < 4.78 is 84.7. The number of rotatable bonds is 12. The fraction of sp³-hybridized carbons (Fsp3) is 0.360. The Labute approximate surface area is 213 Å². The zero-order valence-electron chi connectivity index (χ0n) is 20.4. The lowest BCUT2D eigenvalue weighted by atomic mass is 9.92. The number of hydrogen-bond acceptors (Lipinski definition) is 7. The van der Waals surface area contributed by atoms with Gasteiger partial charge in [0, 0.05) is 12.7 Å². The Morgan fingerprint density at radius 3 is 2.16 bits per heavy atom. The number of esters is 2. The van der Waals surface area contributed by atoms with E-state index in [1.807, 2.05) is 0 Å². The molecule has 12 heteroatoms. The summed E-state index contributed by atoms with van der Waals surface area (Å²) in [6.45, 7) is 6.47. The zero-order chi connectivity index (χ0) is 27.9. The van der Waals surface area contributed by atoms with Crippen LogP contribution in [0, 0.1) is 0 Å². The summed E-state index contributed by atoms with van der Waals surface area (Å²) in [5.41, 5.74) is -3.59. The van der Waals surface area contributed by atoms with E-state index in [-0.39, 0.29) is 23.5 Å². The van der Waals surface area contributed by atoms with Crippen LogP contribution in [0.5, 0.6) is 0 Å². The van der Waals surface area contributed by atoms with Crippen molar-refractivity contribution in [2.75, 3.05) is 13.7 Å². The van der Waals surface area contributed by atoms with Crippen molar-refractivity contribution in [3.63, 3.8) is 0 Å². The van der Waals surface area contributed by atoms with Crippen molar-refractivity contribution in [2.45, 2.75) is 49.1 Å². The minimum Gasteiger partial charge on any atom is -0.465 e. The third-order valence-corrected chi connectivity index (χ3v) is 6.88. The maximum atomic E-state index is 14.1. The molecule has 0 saturated carbocycles. The molecule has 0 spiro atoms. The predicted molar refractivity (Wildman–Crippen MR) is 128 cm³/mol. The van der Waals surface area contributed by atoms with Gasteiger partial charge in [-0.15, -0.1) is 6.58 Å². The highest BCUT2D eigenvalue weighted by molar-refractivity contribution is 7.89. The number of nitrogens with one attached hydrogen (secondary N) is 1. The molecule has 3 atom stereocenters. The Morgan fingerprint density at radius 1 is 1.08 bits per heavy atom. The summed E-state index contributed by atoms with van der Waals surface area (Å²) in [5, 5.41) is 0. The van der Waals surface area contributed by atoms with Crippen molar-refractivity contribution in [3.8, 4) is 0 Å². The van der Waals surface area contributed by atoms with Crippen LogP contribution >= 0.6 is 0 Å². The average molecular weight is 544 g/mol. The molecule has 3 unspecified atom stereocenters. The minimum atomic E-state index is -5.13. The standard InChI is InChI=1S/C25H28F3NO7S/c1-5-10-21(22(30)35-6-2)29-37(32,33)20-15-13-18(14-16-20)17(3)36-23(31)24(34-4,25(26,27)28)19-11-8-7-9-12-19/h5,7-9,11-17,21,29H,1,6,10H2,2-4H3. The smallest absolute Gasteiger partial charge is 0.432 e. The van der Waals surface area contributed by atoms with Gasteiger partial charge >= 0.3 is 18.1 Å². The van der Waals surface area contributed by atoms with Crippen LogP contribution in [0.3, 0.4) is 0 Å². The summed E-state index contributed by atoms with van der Waals surface area (Å²) in [4.78, 5) is 24.6. The topological polar surface area (TPSA) is 108 Å². The van der Waals surface area contributed by atoms with Crippen LogP contribution in [0.15, 0.2) is 72.1 Å². The van der Waals surface area contributed by atoms with Crippen molar-refractivity contribution < 1.29 is 45.4 Å². The van der Waals surface area contributed by atoms with Gasteiger partial charge in [0.05, 0.1) is 11.5 Å². The molecule has 1 N–H and O–H groups in total. The van der Waals surface area contributed by atoms with Crippen LogP contribution in [0.4, 0.5) is 13.2 Å². The van der Waals surface area contributed by atoms with Gasteiger partial charge in [-0.05, 0) is 38.0 Å². The van der Waals surface area contributed by atoms with Crippen molar-refractivity contribution in [1.82, 2.24) is 4.72 Å². The van der Waals surface area contributed by atoms with Gasteiger partial charge in [-0.3, -0.25) is 4.79 Å². The van der Waals surface area contributed by atoms with Crippen molar-refractivity contribution in [3.05, 3.63) is 78.4 Å². The van der Waals surface area contributed by atoms with Crippen LogP contribution in [-0.2, 0) is 39.4 Å². The van der Waals surface area contributed by atoms with Gasteiger partial charge in [0.1, 0.15) is 12.1 Å². The highest BCUT2D eigenvalue weighted by Crippen LogP contribution is 2.43. The first-order valence-corrected chi connectivity index (χ1v) is 12.6. The van der Waals surface area contributed by atoms with E-state index in [9.17, 15) is 31.2 Å². The van der Waals surface area contributed by atoms with Crippen molar-refractivity contribution in [1.29, 1.82) is 0 Å². The van der Waals surface area contributed by atoms with Gasteiger partial charge in [-0.2, -0.15) is 17.9 Å². The molecule has 0 aliphatic heterocycles. The number of benzene rings is 2. The molecule has 8 nitrogen and oxygen atoms in total. The first-order valence-electron chi connectivity index (χ1n) is 11.1.